The van der Waals surface area contributed by atoms with Crippen molar-refractivity contribution in [1.82, 2.24) is 0 Å². The van der Waals surface area contributed by atoms with E-state index >= 15 is 0 Å². The van der Waals surface area contributed by atoms with Crippen LogP contribution in [-0.2, 0) is 16.1 Å². The average molecular weight is 294 g/mol. The van der Waals surface area contributed by atoms with Crippen LogP contribution in [0.5, 0.6) is 0 Å². The van der Waals surface area contributed by atoms with E-state index in [-0.39, 0.29) is 17.8 Å². The van der Waals surface area contributed by atoms with Crippen LogP contribution < -0.4 is 0 Å². The van der Waals surface area contributed by atoms with Crippen LogP contribution in [0.3, 0.4) is 0 Å². The smallest absolute Gasteiger partial charge is 0.309 e. The van der Waals surface area contributed by atoms with Crippen LogP contribution in [0.15, 0.2) is 42.5 Å². The Hall–Kier alpha value is -1.71. The van der Waals surface area contributed by atoms with Crippen LogP contribution in [0.1, 0.15) is 37.7 Å². The summed E-state index contributed by atoms with van der Waals surface area (Å²) >= 11 is 0. The SMILES string of the molecule is O=C(OCc1ccccc1)[C@H]1CC[C@@H](CC=C(F)F)CC1. The molecule has 114 valence electrons. The molecular formula is C17H20F2O2. The second-order valence-electron chi connectivity index (χ2n) is 5.54. The van der Waals surface area contributed by atoms with E-state index in [1.54, 1.807) is 0 Å². The number of esters is 1. The molecule has 0 aromatic heterocycles. The molecule has 0 unspecified atom stereocenters. The zero-order valence-electron chi connectivity index (χ0n) is 11.9. The Morgan fingerprint density at radius 2 is 1.81 bits per heavy atom. The van der Waals surface area contributed by atoms with Gasteiger partial charge in [-0.3, -0.25) is 4.79 Å². The van der Waals surface area contributed by atoms with Gasteiger partial charge in [-0.25, -0.2) is 0 Å². The molecule has 21 heavy (non-hydrogen) atoms. The fourth-order valence-corrected chi connectivity index (χ4v) is 2.74. The molecule has 1 aromatic rings. The lowest BCUT2D eigenvalue weighted by atomic mass is 9.80. The van der Waals surface area contributed by atoms with Gasteiger partial charge < -0.3 is 4.74 Å². The Kier molecular flexibility index (Phi) is 5.90. The van der Waals surface area contributed by atoms with E-state index in [9.17, 15) is 13.6 Å². The topological polar surface area (TPSA) is 26.3 Å². The van der Waals surface area contributed by atoms with Gasteiger partial charge >= 0.3 is 5.97 Å². The standard InChI is InChI=1S/C17H20F2O2/c18-16(19)11-8-13-6-9-15(10-7-13)17(20)21-12-14-4-2-1-3-5-14/h1-5,11,13,15H,6-10,12H2/t13-,15+. The Bertz CT molecular complexity index is 473. The van der Waals surface area contributed by atoms with E-state index in [4.69, 9.17) is 4.74 Å². The van der Waals surface area contributed by atoms with Gasteiger partial charge in [-0.15, -0.1) is 0 Å². The predicted molar refractivity (Wildman–Crippen MR) is 76.6 cm³/mol. The third kappa shape index (κ3) is 5.29. The number of hydrogen-bond donors (Lipinski definition) is 0. The Morgan fingerprint density at radius 1 is 1.14 bits per heavy atom. The zero-order valence-corrected chi connectivity index (χ0v) is 11.9. The van der Waals surface area contributed by atoms with E-state index in [0.29, 0.717) is 13.0 Å². The van der Waals surface area contributed by atoms with Crippen molar-refractivity contribution < 1.29 is 18.3 Å². The van der Waals surface area contributed by atoms with Crippen LogP contribution in [0.4, 0.5) is 8.78 Å². The van der Waals surface area contributed by atoms with E-state index in [2.05, 4.69) is 0 Å². The van der Waals surface area contributed by atoms with E-state index < -0.39 is 6.08 Å². The minimum absolute atomic E-state index is 0.0795. The molecule has 0 radical (unpaired) electrons. The molecule has 1 aromatic carbocycles. The van der Waals surface area contributed by atoms with Crippen LogP contribution >= 0.6 is 0 Å². The van der Waals surface area contributed by atoms with E-state index in [1.807, 2.05) is 30.3 Å². The van der Waals surface area contributed by atoms with Gasteiger partial charge in [0.1, 0.15) is 6.61 Å². The van der Waals surface area contributed by atoms with Crippen LogP contribution in [0.25, 0.3) is 0 Å². The maximum absolute atomic E-state index is 12.0. The van der Waals surface area contributed by atoms with Gasteiger partial charge in [-0.2, -0.15) is 8.78 Å². The van der Waals surface area contributed by atoms with Crippen molar-refractivity contribution in [2.45, 2.75) is 38.7 Å². The largest absolute Gasteiger partial charge is 0.461 e. The number of halogens is 2. The minimum Gasteiger partial charge on any atom is -0.461 e. The lowest BCUT2D eigenvalue weighted by molar-refractivity contribution is -0.151. The first-order valence-corrected chi connectivity index (χ1v) is 7.37. The third-order valence-electron chi connectivity index (χ3n) is 4.01. The predicted octanol–water partition coefficient (Wildman–Crippen LogP) is 4.71. The molecule has 0 amide bonds. The molecule has 0 heterocycles. The normalized spacial score (nSPS) is 21.6. The highest BCUT2D eigenvalue weighted by Crippen LogP contribution is 2.32. The summed E-state index contributed by atoms with van der Waals surface area (Å²) < 4.78 is 29.4. The van der Waals surface area contributed by atoms with Crippen LogP contribution in [0.2, 0.25) is 0 Å². The molecule has 0 N–H and O–H groups in total. The molecule has 2 nitrogen and oxygen atoms in total. The first-order chi connectivity index (χ1) is 10.1. The van der Waals surface area contributed by atoms with Gasteiger partial charge in [0.2, 0.25) is 0 Å². The number of ether oxygens (including phenoxy) is 1. The summed E-state index contributed by atoms with van der Waals surface area (Å²) in [6.45, 7) is 0.301. The highest BCUT2D eigenvalue weighted by atomic mass is 19.3. The molecule has 0 aliphatic heterocycles. The summed E-state index contributed by atoms with van der Waals surface area (Å²) in [6, 6.07) is 9.57. The maximum atomic E-state index is 12.0. The number of benzene rings is 1. The number of hydrogen-bond acceptors (Lipinski definition) is 2. The first kappa shape index (κ1) is 15.7. The maximum Gasteiger partial charge on any atom is 0.309 e. The molecule has 0 atom stereocenters. The minimum atomic E-state index is -1.61. The summed E-state index contributed by atoms with van der Waals surface area (Å²) in [5.41, 5.74) is 0.975. The summed E-state index contributed by atoms with van der Waals surface area (Å²) in [4.78, 5) is 12.0. The van der Waals surface area contributed by atoms with Gasteiger partial charge in [0.15, 0.2) is 0 Å². The highest BCUT2D eigenvalue weighted by molar-refractivity contribution is 5.72. The second kappa shape index (κ2) is 7.91. The first-order valence-electron chi connectivity index (χ1n) is 7.37. The molecule has 0 bridgehead atoms. The van der Waals surface area contributed by atoms with Crippen molar-refractivity contribution >= 4 is 5.97 Å². The number of allylic oxidation sites excluding steroid dienone is 1. The lowest BCUT2D eigenvalue weighted by Crippen LogP contribution is -2.23. The van der Waals surface area contributed by atoms with Gasteiger partial charge in [-0.1, -0.05) is 30.3 Å². The molecule has 2 rings (SSSR count). The molecule has 1 aliphatic carbocycles. The van der Waals surface area contributed by atoms with Crippen molar-refractivity contribution in [2.75, 3.05) is 0 Å². The van der Waals surface area contributed by atoms with Gasteiger partial charge in [0, 0.05) is 0 Å². The van der Waals surface area contributed by atoms with Crippen molar-refractivity contribution in [3.8, 4) is 0 Å². The van der Waals surface area contributed by atoms with Gasteiger partial charge in [0.05, 0.1) is 5.92 Å². The molecular weight excluding hydrogens is 274 g/mol. The van der Waals surface area contributed by atoms with Crippen LogP contribution in [-0.4, -0.2) is 5.97 Å². The van der Waals surface area contributed by atoms with Gasteiger partial charge in [-0.05, 0) is 49.7 Å². The zero-order chi connectivity index (χ0) is 15.1. The number of carbonyl (C=O) groups excluding carboxylic acids is 1. The van der Waals surface area contributed by atoms with Crippen molar-refractivity contribution in [2.24, 2.45) is 11.8 Å². The number of rotatable bonds is 5. The molecule has 1 fully saturated rings. The highest BCUT2D eigenvalue weighted by Gasteiger charge is 2.27. The van der Waals surface area contributed by atoms with Gasteiger partial charge in [0.25, 0.3) is 6.08 Å². The fraction of sp³-hybridized carbons (Fsp3) is 0.471. The molecule has 0 saturated heterocycles. The van der Waals surface area contributed by atoms with E-state index in [0.717, 1.165) is 37.3 Å². The summed E-state index contributed by atoms with van der Waals surface area (Å²) in [7, 11) is 0. The summed E-state index contributed by atoms with van der Waals surface area (Å²) in [5, 5.41) is 0. The average Bonchev–Trinajstić information content (AvgIpc) is 2.52. The fourth-order valence-electron chi connectivity index (χ4n) is 2.74. The van der Waals surface area contributed by atoms with Crippen LogP contribution in [0, 0.1) is 11.8 Å². The molecule has 1 aliphatic rings. The monoisotopic (exact) mass is 294 g/mol. The summed E-state index contributed by atoms with van der Waals surface area (Å²) in [5.74, 6) is 0.0263. The Morgan fingerprint density at radius 3 is 2.43 bits per heavy atom. The van der Waals surface area contributed by atoms with Crippen molar-refractivity contribution in [3.63, 3.8) is 0 Å². The Balaban J connectivity index is 1.72. The third-order valence-corrected chi connectivity index (χ3v) is 4.01. The number of carbonyl (C=O) groups is 1. The summed E-state index contributed by atoms with van der Waals surface area (Å²) in [6.07, 6.45) is 2.89. The quantitative estimate of drug-likeness (QED) is 0.735. The van der Waals surface area contributed by atoms with Crippen molar-refractivity contribution in [3.05, 3.63) is 48.1 Å². The second-order valence-corrected chi connectivity index (χ2v) is 5.54. The molecule has 1 saturated carbocycles. The molecule has 4 heteroatoms. The van der Waals surface area contributed by atoms with E-state index in [1.165, 1.54) is 0 Å². The molecule has 0 spiro atoms. The Labute approximate surface area is 123 Å². The van der Waals surface area contributed by atoms with Crippen molar-refractivity contribution in [1.29, 1.82) is 0 Å². The lowest BCUT2D eigenvalue weighted by Gasteiger charge is -2.26.